The molecule has 23 heavy (non-hydrogen) atoms. The average molecular weight is 330 g/mol. The predicted octanol–water partition coefficient (Wildman–Crippen LogP) is 1.69. The summed E-state index contributed by atoms with van der Waals surface area (Å²) in [5, 5.41) is 11.5. The van der Waals surface area contributed by atoms with Gasteiger partial charge in [-0.3, -0.25) is 5.10 Å². The van der Waals surface area contributed by atoms with Crippen LogP contribution in [0.25, 0.3) is 20.8 Å². The molecule has 0 unspecified atom stereocenters. The molecule has 3 heterocycles. The first-order chi connectivity index (χ1) is 11.3. The van der Waals surface area contributed by atoms with Crippen molar-refractivity contribution in [1.82, 2.24) is 20.5 Å². The molecule has 2 aromatic heterocycles. The van der Waals surface area contributed by atoms with E-state index in [4.69, 9.17) is 15.5 Å². The number of hydrogen-bond acceptors (Lipinski definition) is 7. The van der Waals surface area contributed by atoms with Crippen LogP contribution < -0.4 is 20.7 Å². The number of thiazole rings is 1. The van der Waals surface area contributed by atoms with Crippen molar-refractivity contribution in [3.05, 3.63) is 18.2 Å². The molecule has 1 aliphatic heterocycles. The van der Waals surface area contributed by atoms with E-state index in [1.165, 1.54) is 0 Å². The lowest BCUT2D eigenvalue weighted by Crippen LogP contribution is -2.43. The maximum absolute atomic E-state index is 6.14. The summed E-state index contributed by atoms with van der Waals surface area (Å²) in [6.45, 7) is 3.72. The van der Waals surface area contributed by atoms with Gasteiger partial charge in [-0.05, 0) is 18.2 Å². The van der Waals surface area contributed by atoms with E-state index >= 15 is 0 Å². The highest BCUT2D eigenvalue weighted by atomic mass is 32.1. The largest absolute Gasteiger partial charge is 0.497 e. The van der Waals surface area contributed by atoms with E-state index < -0.39 is 0 Å². The standard InChI is InChI=1S/C15H18N6OS/c1-22-9-2-3-10-11(8-9)23-15(18-10)12-13(16)19-20-14(12)21-6-4-17-5-7-21/h2-3,8,17H,4-7H2,1H3,(H3,16,19,20). The lowest BCUT2D eigenvalue weighted by molar-refractivity contribution is 0.415. The number of nitrogens with one attached hydrogen (secondary N) is 2. The van der Waals surface area contributed by atoms with Crippen molar-refractivity contribution in [3.63, 3.8) is 0 Å². The fourth-order valence-corrected chi connectivity index (χ4v) is 3.85. The summed E-state index contributed by atoms with van der Waals surface area (Å²) in [4.78, 5) is 6.97. The van der Waals surface area contributed by atoms with Gasteiger partial charge in [0.2, 0.25) is 0 Å². The number of methoxy groups -OCH3 is 1. The summed E-state index contributed by atoms with van der Waals surface area (Å²) >= 11 is 1.60. The number of ether oxygens (including phenoxy) is 1. The van der Waals surface area contributed by atoms with E-state index in [-0.39, 0.29) is 0 Å². The quantitative estimate of drug-likeness (QED) is 0.677. The van der Waals surface area contributed by atoms with Crippen LogP contribution in [0.1, 0.15) is 0 Å². The average Bonchev–Trinajstić information content (AvgIpc) is 3.17. The first kappa shape index (κ1) is 14.3. The number of hydrogen-bond donors (Lipinski definition) is 3. The van der Waals surface area contributed by atoms with Crippen LogP contribution in [0.3, 0.4) is 0 Å². The van der Waals surface area contributed by atoms with E-state index in [0.717, 1.165) is 58.5 Å². The molecule has 0 atom stereocenters. The highest BCUT2D eigenvalue weighted by Gasteiger charge is 2.23. The minimum atomic E-state index is 0.560. The lowest BCUT2D eigenvalue weighted by Gasteiger charge is -2.27. The van der Waals surface area contributed by atoms with Crippen molar-refractivity contribution in [2.24, 2.45) is 0 Å². The molecule has 0 amide bonds. The highest BCUT2D eigenvalue weighted by molar-refractivity contribution is 7.21. The smallest absolute Gasteiger partial charge is 0.163 e. The van der Waals surface area contributed by atoms with Gasteiger partial charge in [0.15, 0.2) is 5.82 Å². The fraction of sp³-hybridized carbons (Fsp3) is 0.333. The SMILES string of the molecule is COc1ccc2nc(-c3c(N4CCNCC4)n[nH]c3N)sc2c1. The summed E-state index contributed by atoms with van der Waals surface area (Å²) in [5.41, 5.74) is 7.98. The van der Waals surface area contributed by atoms with E-state index in [1.54, 1.807) is 18.4 Å². The summed E-state index contributed by atoms with van der Waals surface area (Å²) in [6.07, 6.45) is 0. The number of rotatable bonds is 3. The Bertz CT molecular complexity index is 836. The predicted molar refractivity (Wildman–Crippen MR) is 93.2 cm³/mol. The second-order valence-electron chi connectivity index (χ2n) is 5.43. The van der Waals surface area contributed by atoms with Gasteiger partial charge in [-0.1, -0.05) is 0 Å². The summed E-state index contributed by atoms with van der Waals surface area (Å²) in [6, 6.07) is 5.88. The molecule has 4 rings (SSSR count). The number of benzene rings is 1. The number of nitrogen functional groups attached to an aromatic ring is 1. The molecule has 120 valence electrons. The summed E-state index contributed by atoms with van der Waals surface area (Å²) in [5.74, 6) is 2.27. The normalized spacial score (nSPS) is 15.3. The van der Waals surface area contributed by atoms with Crippen LogP contribution in [-0.2, 0) is 0 Å². The molecule has 0 radical (unpaired) electrons. The van der Waals surface area contributed by atoms with Gasteiger partial charge < -0.3 is 20.7 Å². The van der Waals surface area contributed by atoms with Gasteiger partial charge in [0.25, 0.3) is 0 Å². The number of nitrogens with zero attached hydrogens (tertiary/aromatic N) is 3. The van der Waals surface area contributed by atoms with Crippen LogP contribution in [-0.4, -0.2) is 48.5 Å². The van der Waals surface area contributed by atoms with E-state index in [0.29, 0.717) is 5.82 Å². The number of nitrogens with two attached hydrogens (primary N) is 1. The fourth-order valence-electron chi connectivity index (χ4n) is 2.80. The minimum Gasteiger partial charge on any atom is -0.497 e. The molecular formula is C15H18N6OS. The molecular weight excluding hydrogens is 312 g/mol. The van der Waals surface area contributed by atoms with E-state index in [2.05, 4.69) is 20.4 Å². The Kier molecular flexibility index (Phi) is 3.55. The second-order valence-corrected chi connectivity index (χ2v) is 6.46. The second kappa shape index (κ2) is 5.71. The van der Waals surface area contributed by atoms with Gasteiger partial charge >= 0.3 is 0 Å². The molecule has 4 N–H and O–H groups in total. The third-order valence-electron chi connectivity index (χ3n) is 4.00. The lowest BCUT2D eigenvalue weighted by atomic mass is 10.2. The van der Waals surface area contributed by atoms with Crippen LogP contribution >= 0.6 is 11.3 Å². The zero-order chi connectivity index (χ0) is 15.8. The number of H-pyrrole nitrogens is 1. The number of fused-ring (bicyclic) bond motifs is 1. The number of aromatic amines is 1. The molecule has 1 fully saturated rings. The van der Waals surface area contributed by atoms with Crippen molar-refractivity contribution in [1.29, 1.82) is 0 Å². The third kappa shape index (κ3) is 2.49. The molecule has 0 bridgehead atoms. The third-order valence-corrected chi connectivity index (χ3v) is 5.04. The monoisotopic (exact) mass is 330 g/mol. The summed E-state index contributed by atoms with van der Waals surface area (Å²) in [7, 11) is 1.67. The van der Waals surface area contributed by atoms with E-state index in [9.17, 15) is 0 Å². The molecule has 0 spiro atoms. The van der Waals surface area contributed by atoms with Crippen molar-refractivity contribution in [3.8, 4) is 16.3 Å². The first-order valence-corrected chi connectivity index (χ1v) is 8.32. The minimum absolute atomic E-state index is 0.560. The zero-order valence-corrected chi connectivity index (χ0v) is 13.6. The number of piperazine rings is 1. The molecule has 3 aromatic rings. The van der Waals surface area contributed by atoms with Crippen molar-refractivity contribution in [2.45, 2.75) is 0 Å². The van der Waals surface area contributed by atoms with Crippen LogP contribution in [0.15, 0.2) is 18.2 Å². The molecule has 0 saturated carbocycles. The zero-order valence-electron chi connectivity index (χ0n) is 12.8. The highest BCUT2D eigenvalue weighted by Crippen LogP contribution is 2.39. The summed E-state index contributed by atoms with van der Waals surface area (Å²) < 4.78 is 6.36. The Morgan fingerprint density at radius 2 is 2.13 bits per heavy atom. The molecule has 1 aromatic carbocycles. The molecule has 8 heteroatoms. The van der Waals surface area contributed by atoms with Gasteiger partial charge in [-0.2, -0.15) is 5.10 Å². The Hall–Kier alpha value is -2.32. The van der Waals surface area contributed by atoms with Gasteiger partial charge in [0, 0.05) is 26.2 Å². The van der Waals surface area contributed by atoms with Gasteiger partial charge in [0.05, 0.1) is 22.9 Å². The number of aromatic nitrogens is 3. The van der Waals surface area contributed by atoms with Gasteiger partial charge in [0.1, 0.15) is 16.6 Å². The van der Waals surface area contributed by atoms with Crippen LogP contribution in [0.4, 0.5) is 11.6 Å². The Balaban J connectivity index is 1.79. The molecule has 7 nitrogen and oxygen atoms in total. The molecule has 1 saturated heterocycles. The maximum Gasteiger partial charge on any atom is 0.163 e. The first-order valence-electron chi connectivity index (χ1n) is 7.50. The van der Waals surface area contributed by atoms with Crippen molar-refractivity contribution in [2.75, 3.05) is 43.9 Å². The van der Waals surface area contributed by atoms with Crippen molar-refractivity contribution < 1.29 is 4.74 Å². The Labute approximate surface area is 137 Å². The van der Waals surface area contributed by atoms with Crippen LogP contribution in [0, 0.1) is 0 Å². The Morgan fingerprint density at radius 1 is 1.30 bits per heavy atom. The van der Waals surface area contributed by atoms with Gasteiger partial charge in [-0.15, -0.1) is 11.3 Å². The molecule has 0 aliphatic carbocycles. The van der Waals surface area contributed by atoms with Crippen LogP contribution in [0.5, 0.6) is 5.75 Å². The van der Waals surface area contributed by atoms with Crippen LogP contribution in [0.2, 0.25) is 0 Å². The van der Waals surface area contributed by atoms with E-state index in [1.807, 2.05) is 18.2 Å². The molecule has 1 aliphatic rings. The maximum atomic E-state index is 6.14. The topological polar surface area (TPSA) is 92.1 Å². The van der Waals surface area contributed by atoms with Gasteiger partial charge in [-0.25, -0.2) is 4.98 Å². The van der Waals surface area contributed by atoms with Crippen molar-refractivity contribution >= 4 is 33.2 Å². The Morgan fingerprint density at radius 3 is 2.91 bits per heavy atom. The number of anilines is 2.